The van der Waals surface area contributed by atoms with Gasteiger partial charge in [0.05, 0.1) is 65.9 Å². The van der Waals surface area contributed by atoms with Gasteiger partial charge in [0.1, 0.15) is 6.61 Å². The molecular weight excluding hydrogens is 754 g/mol. The molecule has 2 heterocycles. The van der Waals surface area contributed by atoms with E-state index in [4.69, 9.17) is 28.9 Å². The van der Waals surface area contributed by atoms with E-state index in [0.717, 1.165) is 5.56 Å². The standard InChI is InChI=1S/C34H29Br2N3O7S/c1-6-45-33(41)29-18(2)38-34-39(30(29)22-14-25(42-3)26(43-4)15-23(22)35)32(40)28(47-34)13-21-11-24(36)31(27(12-21)44-5)46-17-20-9-7-19(16-37)8-10-20/h7-15,30H,6,17H2,1-5H3/b28-13-/t30-/m1/s1. The van der Waals surface area contributed by atoms with Crippen LogP contribution in [0.5, 0.6) is 23.0 Å². The first-order valence-electron chi connectivity index (χ1n) is 14.2. The zero-order valence-electron chi connectivity index (χ0n) is 26.1. The van der Waals surface area contributed by atoms with Gasteiger partial charge in [-0.3, -0.25) is 9.36 Å². The van der Waals surface area contributed by atoms with Gasteiger partial charge in [-0.1, -0.05) is 39.4 Å². The number of hydrogen-bond donors (Lipinski definition) is 0. The summed E-state index contributed by atoms with van der Waals surface area (Å²) in [5.41, 5.74) is 3.07. The third-order valence-electron chi connectivity index (χ3n) is 7.33. The van der Waals surface area contributed by atoms with Crippen LogP contribution in [-0.2, 0) is 16.1 Å². The van der Waals surface area contributed by atoms with Crippen molar-refractivity contribution in [3.63, 3.8) is 0 Å². The molecular formula is C34H29Br2N3O7S. The number of allylic oxidation sites excluding steroid dienone is 1. The highest BCUT2D eigenvalue weighted by Crippen LogP contribution is 2.41. The highest BCUT2D eigenvalue weighted by molar-refractivity contribution is 9.10. The molecule has 0 bridgehead atoms. The van der Waals surface area contributed by atoms with Gasteiger partial charge in [-0.05, 0) is 88.9 Å². The number of nitrogens with zero attached hydrogens (tertiary/aromatic N) is 3. The maximum atomic E-state index is 14.2. The van der Waals surface area contributed by atoms with E-state index >= 15 is 0 Å². The number of aromatic nitrogens is 1. The number of thiazole rings is 1. The molecule has 1 aliphatic rings. The fourth-order valence-electron chi connectivity index (χ4n) is 5.11. The number of carbonyl (C=O) groups excluding carboxylic acids is 1. The minimum Gasteiger partial charge on any atom is -0.493 e. The first-order chi connectivity index (χ1) is 22.6. The van der Waals surface area contributed by atoms with Gasteiger partial charge >= 0.3 is 5.97 Å². The molecule has 13 heteroatoms. The number of rotatable bonds is 10. The number of methoxy groups -OCH3 is 3. The lowest BCUT2D eigenvalue weighted by molar-refractivity contribution is -0.139. The number of esters is 1. The number of nitriles is 1. The molecule has 0 unspecified atom stereocenters. The lowest BCUT2D eigenvalue weighted by Gasteiger charge is -2.26. The summed E-state index contributed by atoms with van der Waals surface area (Å²) in [6, 6.07) is 15.4. The van der Waals surface area contributed by atoms with Crippen LogP contribution in [0.25, 0.3) is 6.08 Å². The fraction of sp³-hybridized carbons (Fsp3) is 0.235. The van der Waals surface area contributed by atoms with E-state index in [2.05, 4.69) is 42.9 Å². The van der Waals surface area contributed by atoms with Gasteiger partial charge in [0.15, 0.2) is 27.8 Å². The van der Waals surface area contributed by atoms with Crippen LogP contribution in [0, 0.1) is 11.3 Å². The summed E-state index contributed by atoms with van der Waals surface area (Å²) in [4.78, 5) is 32.6. The number of benzene rings is 3. The average Bonchev–Trinajstić information content (AvgIpc) is 3.37. The molecule has 1 atom stereocenters. The maximum Gasteiger partial charge on any atom is 0.338 e. The van der Waals surface area contributed by atoms with Crippen LogP contribution >= 0.6 is 43.2 Å². The Morgan fingerprint density at radius 3 is 2.34 bits per heavy atom. The Morgan fingerprint density at radius 2 is 1.70 bits per heavy atom. The van der Waals surface area contributed by atoms with Crippen molar-refractivity contribution < 1.29 is 28.5 Å². The summed E-state index contributed by atoms with van der Waals surface area (Å²) >= 11 is 8.42. The average molecular weight is 783 g/mol. The summed E-state index contributed by atoms with van der Waals surface area (Å²) in [5, 5.41) is 9.05. The topological polar surface area (TPSA) is 121 Å². The molecule has 0 fully saturated rings. The van der Waals surface area contributed by atoms with Crippen molar-refractivity contribution in [3.8, 4) is 29.1 Å². The third-order valence-corrected chi connectivity index (χ3v) is 9.59. The van der Waals surface area contributed by atoms with E-state index in [1.54, 1.807) is 50.3 Å². The summed E-state index contributed by atoms with van der Waals surface area (Å²) in [6.45, 7) is 3.86. The Labute approximate surface area is 291 Å². The molecule has 0 saturated heterocycles. The van der Waals surface area contributed by atoms with Crippen molar-refractivity contribution in [1.82, 2.24) is 4.57 Å². The van der Waals surface area contributed by atoms with Crippen LogP contribution in [0.1, 0.15) is 42.1 Å². The molecule has 3 aromatic carbocycles. The van der Waals surface area contributed by atoms with Gasteiger partial charge in [-0.2, -0.15) is 5.26 Å². The molecule has 0 aliphatic carbocycles. The molecule has 0 spiro atoms. The number of carbonyl (C=O) groups is 1. The van der Waals surface area contributed by atoms with Crippen molar-refractivity contribution in [3.05, 3.63) is 111 Å². The first-order valence-corrected chi connectivity index (χ1v) is 16.6. The van der Waals surface area contributed by atoms with E-state index in [0.29, 0.717) is 63.7 Å². The Hall–Kier alpha value is -4.38. The smallest absolute Gasteiger partial charge is 0.338 e. The molecule has 0 saturated carbocycles. The molecule has 10 nitrogen and oxygen atoms in total. The van der Waals surface area contributed by atoms with E-state index in [-0.39, 0.29) is 24.3 Å². The molecule has 4 aromatic rings. The SMILES string of the molecule is CCOC(=O)C1=C(C)N=c2s/c(=C\c3cc(Br)c(OCc4ccc(C#N)cc4)c(OC)c3)c(=O)n2[C@@H]1c1cc(OC)c(OC)cc1Br. The summed E-state index contributed by atoms with van der Waals surface area (Å²) in [5.74, 6) is 1.30. The van der Waals surface area contributed by atoms with Gasteiger partial charge in [0, 0.05) is 4.47 Å². The van der Waals surface area contributed by atoms with E-state index in [1.807, 2.05) is 18.2 Å². The highest BCUT2D eigenvalue weighted by Gasteiger charge is 2.35. The van der Waals surface area contributed by atoms with Gasteiger partial charge in [-0.15, -0.1) is 0 Å². The second kappa shape index (κ2) is 14.6. The van der Waals surface area contributed by atoms with Gasteiger partial charge in [0.25, 0.3) is 5.56 Å². The van der Waals surface area contributed by atoms with Crippen molar-refractivity contribution in [2.24, 2.45) is 4.99 Å². The summed E-state index contributed by atoms with van der Waals surface area (Å²) in [6.07, 6.45) is 1.74. The quantitative estimate of drug-likeness (QED) is 0.185. The lowest BCUT2D eigenvalue weighted by Crippen LogP contribution is -2.40. The van der Waals surface area contributed by atoms with E-state index in [1.165, 1.54) is 37.2 Å². The predicted octanol–water partition coefficient (Wildman–Crippen LogP) is 5.80. The van der Waals surface area contributed by atoms with Crippen LogP contribution in [0.3, 0.4) is 0 Å². The zero-order chi connectivity index (χ0) is 33.8. The molecule has 47 heavy (non-hydrogen) atoms. The molecule has 0 amide bonds. The molecule has 1 aromatic heterocycles. The number of hydrogen-bond acceptors (Lipinski definition) is 10. The van der Waals surface area contributed by atoms with E-state index < -0.39 is 12.0 Å². The second-order valence-electron chi connectivity index (χ2n) is 10.2. The van der Waals surface area contributed by atoms with Crippen LogP contribution in [-0.4, -0.2) is 38.5 Å². The summed E-state index contributed by atoms with van der Waals surface area (Å²) < 4.78 is 31.3. The fourth-order valence-corrected chi connectivity index (χ4v) is 7.27. The normalized spacial score (nSPS) is 14.2. The van der Waals surface area contributed by atoms with Gasteiger partial charge in [0.2, 0.25) is 0 Å². The number of ether oxygens (including phenoxy) is 5. The lowest BCUT2D eigenvalue weighted by atomic mass is 9.95. The Balaban J connectivity index is 1.60. The van der Waals surface area contributed by atoms with Crippen molar-refractivity contribution in [2.45, 2.75) is 26.5 Å². The molecule has 1 aliphatic heterocycles. The molecule has 5 rings (SSSR count). The predicted molar refractivity (Wildman–Crippen MR) is 184 cm³/mol. The van der Waals surface area contributed by atoms with Crippen LogP contribution in [0.2, 0.25) is 0 Å². The molecule has 0 N–H and O–H groups in total. The van der Waals surface area contributed by atoms with Crippen LogP contribution in [0.15, 0.2) is 78.5 Å². The minimum atomic E-state index is -0.860. The highest BCUT2D eigenvalue weighted by atomic mass is 79.9. The van der Waals surface area contributed by atoms with Crippen molar-refractivity contribution in [2.75, 3.05) is 27.9 Å². The van der Waals surface area contributed by atoms with Gasteiger partial charge in [-0.25, -0.2) is 9.79 Å². The van der Waals surface area contributed by atoms with Crippen LogP contribution < -0.4 is 33.8 Å². The second-order valence-corrected chi connectivity index (χ2v) is 12.9. The monoisotopic (exact) mass is 781 g/mol. The Kier molecular flexibility index (Phi) is 10.5. The Morgan fingerprint density at radius 1 is 1.02 bits per heavy atom. The number of halogens is 2. The van der Waals surface area contributed by atoms with Crippen LogP contribution in [0.4, 0.5) is 0 Å². The third kappa shape index (κ3) is 6.86. The Bertz CT molecular complexity index is 2120. The first kappa shape index (κ1) is 34.0. The van der Waals surface area contributed by atoms with Crippen molar-refractivity contribution >= 4 is 55.2 Å². The molecule has 242 valence electrons. The molecule has 0 radical (unpaired) electrons. The van der Waals surface area contributed by atoms with Gasteiger partial charge < -0.3 is 23.7 Å². The van der Waals surface area contributed by atoms with E-state index in [9.17, 15) is 9.59 Å². The zero-order valence-corrected chi connectivity index (χ0v) is 30.0. The minimum absolute atomic E-state index is 0.156. The maximum absolute atomic E-state index is 14.2. The van der Waals surface area contributed by atoms with Crippen molar-refractivity contribution in [1.29, 1.82) is 5.26 Å². The summed E-state index contributed by atoms with van der Waals surface area (Å²) in [7, 11) is 4.58. The number of fused-ring (bicyclic) bond motifs is 1. The largest absolute Gasteiger partial charge is 0.493 e.